The quantitative estimate of drug-likeness (QED) is 0.579. The lowest BCUT2D eigenvalue weighted by Gasteiger charge is -2.16. The maximum atomic E-state index is 5.91. The highest BCUT2D eigenvalue weighted by Gasteiger charge is 2.13. The summed E-state index contributed by atoms with van der Waals surface area (Å²) in [5.74, 6) is 0.460. The third-order valence-corrected chi connectivity index (χ3v) is 4.68. The van der Waals surface area contributed by atoms with Gasteiger partial charge in [0.05, 0.1) is 0 Å². The van der Waals surface area contributed by atoms with Crippen LogP contribution in [0.4, 0.5) is 0 Å². The molecule has 1 unspecified atom stereocenters. The minimum Gasteiger partial charge on any atom is -0.0921 e. The van der Waals surface area contributed by atoms with Crippen molar-refractivity contribution in [2.45, 2.75) is 12.3 Å². The first-order valence-electron chi connectivity index (χ1n) is 5.75. The first kappa shape index (κ1) is 14.1. The predicted octanol–water partition coefficient (Wildman–Crippen LogP) is 5.82. The molecule has 0 saturated heterocycles. The van der Waals surface area contributed by atoms with E-state index in [0.717, 1.165) is 16.8 Å². The van der Waals surface area contributed by atoms with Crippen LogP contribution in [-0.2, 0) is 6.42 Å². The fraction of sp³-hybridized carbons (Fsp3) is 0.200. The third-order valence-electron chi connectivity index (χ3n) is 2.93. The Morgan fingerprint density at radius 1 is 1.00 bits per heavy atom. The van der Waals surface area contributed by atoms with Gasteiger partial charge in [0.15, 0.2) is 0 Å². The highest BCUT2D eigenvalue weighted by atomic mass is 79.9. The number of hydrogen-bond acceptors (Lipinski definition) is 0. The van der Waals surface area contributed by atoms with Crippen LogP contribution in [0.1, 0.15) is 17.0 Å². The van der Waals surface area contributed by atoms with Crippen LogP contribution in [0.25, 0.3) is 0 Å². The van der Waals surface area contributed by atoms with Gasteiger partial charge in [-0.2, -0.15) is 0 Å². The normalized spacial score (nSPS) is 12.4. The molecular formula is C15H13Br2Cl. The number of benzene rings is 2. The first-order valence-corrected chi connectivity index (χ1v) is 8.05. The van der Waals surface area contributed by atoms with Gasteiger partial charge >= 0.3 is 0 Å². The summed E-state index contributed by atoms with van der Waals surface area (Å²) in [6.07, 6.45) is 1.00. The molecule has 2 aromatic carbocycles. The van der Waals surface area contributed by atoms with Crippen molar-refractivity contribution >= 4 is 43.5 Å². The summed E-state index contributed by atoms with van der Waals surface area (Å²) in [6, 6.07) is 16.5. The van der Waals surface area contributed by atoms with E-state index < -0.39 is 0 Å². The lowest BCUT2D eigenvalue weighted by molar-refractivity contribution is 0.771. The van der Waals surface area contributed by atoms with Crippen LogP contribution >= 0.6 is 43.5 Å². The fourth-order valence-electron chi connectivity index (χ4n) is 1.96. The second kappa shape index (κ2) is 6.74. The highest BCUT2D eigenvalue weighted by Crippen LogP contribution is 2.29. The molecular weight excluding hydrogens is 375 g/mol. The van der Waals surface area contributed by atoms with Crippen LogP contribution in [0.5, 0.6) is 0 Å². The van der Waals surface area contributed by atoms with Crippen molar-refractivity contribution in [3.8, 4) is 0 Å². The third kappa shape index (κ3) is 3.59. The number of halogens is 3. The van der Waals surface area contributed by atoms with E-state index in [1.807, 2.05) is 18.2 Å². The van der Waals surface area contributed by atoms with Gasteiger partial charge in [-0.3, -0.25) is 0 Å². The molecule has 0 aliphatic heterocycles. The van der Waals surface area contributed by atoms with Gasteiger partial charge < -0.3 is 0 Å². The van der Waals surface area contributed by atoms with Crippen LogP contribution in [0.2, 0.25) is 5.02 Å². The summed E-state index contributed by atoms with van der Waals surface area (Å²) in [4.78, 5) is 0. The molecule has 0 aliphatic carbocycles. The zero-order chi connectivity index (χ0) is 13.0. The molecule has 0 bridgehead atoms. The summed E-state index contributed by atoms with van der Waals surface area (Å²) in [7, 11) is 0. The van der Waals surface area contributed by atoms with E-state index in [2.05, 4.69) is 62.2 Å². The summed E-state index contributed by atoms with van der Waals surface area (Å²) < 4.78 is 1.17. The predicted molar refractivity (Wildman–Crippen MR) is 85.8 cm³/mol. The fourth-order valence-corrected chi connectivity index (χ4v) is 3.27. The summed E-state index contributed by atoms with van der Waals surface area (Å²) in [6.45, 7) is 0. The Balaban J connectivity index is 2.20. The van der Waals surface area contributed by atoms with E-state index in [1.54, 1.807) is 0 Å². The molecule has 1 atom stereocenters. The van der Waals surface area contributed by atoms with Gasteiger partial charge in [0, 0.05) is 14.8 Å². The smallest absolute Gasteiger partial charge is 0.0406 e. The van der Waals surface area contributed by atoms with Gasteiger partial charge in [-0.05, 0) is 41.7 Å². The SMILES string of the molecule is Clc1ccc(CC(CBr)c2ccccc2Br)cc1. The van der Waals surface area contributed by atoms with Crippen molar-refractivity contribution < 1.29 is 0 Å². The van der Waals surface area contributed by atoms with E-state index in [9.17, 15) is 0 Å². The zero-order valence-electron chi connectivity index (χ0n) is 9.74. The average Bonchev–Trinajstić information content (AvgIpc) is 2.39. The molecule has 0 fully saturated rings. The van der Waals surface area contributed by atoms with Crippen molar-refractivity contribution in [2.75, 3.05) is 5.33 Å². The maximum absolute atomic E-state index is 5.91. The van der Waals surface area contributed by atoms with Gasteiger partial charge in [0.25, 0.3) is 0 Å². The molecule has 94 valence electrons. The van der Waals surface area contributed by atoms with Crippen molar-refractivity contribution in [3.05, 3.63) is 69.2 Å². The van der Waals surface area contributed by atoms with E-state index >= 15 is 0 Å². The first-order chi connectivity index (χ1) is 8.70. The largest absolute Gasteiger partial charge is 0.0921 e. The van der Waals surface area contributed by atoms with Crippen molar-refractivity contribution in [1.82, 2.24) is 0 Å². The maximum Gasteiger partial charge on any atom is 0.0406 e. The number of hydrogen-bond donors (Lipinski definition) is 0. The molecule has 2 rings (SSSR count). The van der Waals surface area contributed by atoms with Crippen LogP contribution < -0.4 is 0 Å². The Morgan fingerprint density at radius 2 is 1.67 bits per heavy atom. The lowest BCUT2D eigenvalue weighted by atomic mass is 9.94. The average molecular weight is 389 g/mol. The molecule has 0 heterocycles. The Hall–Kier alpha value is -0.310. The summed E-state index contributed by atoms with van der Waals surface area (Å²) >= 11 is 13.1. The molecule has 18 heavy (non-hydrogen) atoms. The lowest BCUT2D eigenvalue weighted by Crippen LogP contribution is -2.05. The Labute approximate surface area is 130 Å². The van der Waals surface area contributed by atoms with E-state index in [4.69, 9.17) is 11.6 Å². The van der Waals surface area contributed by atoms with Gasteiger partial charge in [-0.15, -0.1) is 0 Å². The molecule has 0 spiro atoms. The standard InChI is InChI=1S/C15H13Br2Cl/c16-10-12(14-3-1-2-4-15(14)17)9-11-5-7-13(18)8-6-11/h1-8,12H,9-10H2. The van der Waals surface area contributed by atoms with Gasteiger partial charge in [-0.25, -0.2) is 0 Å². The topological polar surface area (TPSA) is 0 Å². The molecule has 0 N–H and O–H groups in total. The molecule has 0 aromatic heterocycles. The van der Waals surface area contributed by atoms with Gasteiger partial charge in [0.1, 0.15) is 0 Å². The van der Waals surface area contributed by atoms with E-state index in [0.29, 0.717) is 5.92 Å². The summed E-state index contributed by atoms with van der Waals surface area (Å²) in [5, 5.41) is 1.73. The highest BCUT2D eigenvalue weighted by molar-refractivity contribution is 9.10. The Bertz CT molecular complexity index is 508. The van der Waals surface area contributed by atoms with E-state index in [-0.39, 0.29) is 0 Å². The molecule has 2 aromatic rings. The van der Waals surface area contributed by atoms with Crippen molar-refractivity contribution in [3.63, 3.8) is 0 Å². The molecule has 0 amide bonds. The van der Waals surface area contributed by atoms with Crippen LogP contribution in [0, 0.1) is 0 Å². The molecule has 0 aliphatic rings. The molecule has 3 heteroatoms. The molecule has 0 radical (unpaired) electrons. The Kier molecular flexibility index (Phi) is 5.28. The molecule has 0 saturated carbocycles. The van der Waals surface area contributed by atoms with Gasteiger partial charge in [0.2, 0.25) is 0 Å². The van der Waals surface area contributed by atoms with Crippen molar-refractivity contribution in [2.24, 2.45) is 0 Å². The minimum absolute atomic E-state index is 0.460. The zero-order valence-corrected chi connectivity index (χ0v) is 13.7. The van der Waals surface area contributed by atoms with Crippen molar-refractivity contribution in [1.29, 1.82) is 0 Å². The van der Waals surface area contributed by atoms with Crippen LogP contribution in [-0.4, -0.2) is 5.33 Å². The second-order valence-electron chi connectivity index (χ2n) is 4.20. The summed E-state index contributed by atoms with van der Waals surface area (Å²) in [5.41, 5.74) is 2.64. The minimum atomic E-state index is 0.460. The van der Waals surface area contributed by atoms with Gasteiger partial charge in [-0.1, -0.05) is 73.8 Å². The van der Waals surface area contributed by atoms with Crippen LogP contribution in [0.15, 0.2) is 53.0 Å². The van der Waals surface area contributed by atoms with E-state index in [1.165, 1.54) is 15.6 Å². The number of alkyl halides is 1. The Morgan fingerprint density at radius 3 is 2.28 bits per heavy atom. The van der Waals surface area contributed by atoms with Crippen LogP contribution in [0.3, 0.4) is 0 Å². The molecule has 0 nitrogen and oxygen atoms in total. The second-order valence-corrected chi connectivity index (χ2v) is 6.14. The number of rotatable bonds is 4. The monoisotopic (exact) mass is 386 g/mol.